The largest absolute Gasteiger partial charge is 0.485 e. The van der Waals surface area contributed by atoms with Crippen LogP contribution in [0.25, 0.3) is 11.0 Å². The van der Waals surface area contributed by atoms with Crippen molar-refractivity contribution in [3.8, 4) is 11.5 Å². The highest BCUT2D eigenvalue weighted by atomic mass is 32.2. The van der Waals surface area contributed by atoms with Crippen LogP contribution in [-0.2, 0) is 20.9 Å². The number of hydrogen-bond donors (Lipinski definition) is 3. The molecule has 1 fully saturated rings. The summed E-state index contributed by atoms with van der Waals surface area (Å²) >= 11 is 0. The van der Waals surface area contributed by atoms with Gasteiger partial charge in [-0.25, -0.2) is 8.42 Å². The lowest BCUT2D eigenvalue weighted by Crippen LogP contribution is -2.40. The highest BCUT2D eigenvalue weighted by molar-refractivity contribution is 7.89. The molecular formula is C20H21F3N6O5S. The van der Waals surface area contributed by atoms with E-state index < -0.39 is 21.8 Å². The van der Waals surface area contributed by atoms with Crippen molar-refractivity contribution in [1.29, 1.82) is 0 Å². The second-order valence-electron chi connectivity index (χ2n) is 7.68. The van der Waals surface area contributed by atoms with Gasteiger partial charge in [-0.15, -0.1) is 0 Å². The molecule has 0 amide bonds. The van der Waals surface area contributed by atoms with E-state index in [4.69, 9.17) is 14.2 Å². The lowest BCUT2D eigenvalue weighted by atomic mass is 10.2. The zero-order chi connectivity index (χ0) is 24.8. The van der Waals surface area contributed by atoms with Gasteiger partial charge in [0.15, 0.2) is 11.5 Å². The van der Waals surface area contributed by atoms with Crippen LogP contribution in [0.1, 0.15) is 5.56 Å². The van der Waals surface area contributed by atoms with Crippen LogP contribution in [-0.4, -0.2) is 74.2 Å². The van der Waals surface area contributed by atoms with E-state index in [-0.39, 0.29) is 65.5 Å². The van der Waals surface area contributed by atoms with Crippen molar-refractivity contribution < 1.29 is 35.8 Å². The van der Waals surface area contributed by atoms with Gasteiger partial charge >= 0.3 is 6.18 Å². The molecule has 4 heterocycles. The van der Waals surface area contributed by atoms with Crippen molar-refractivity contribution in [3.05, 3.63) is 23.9 Å². The Morgan fingerprint density at radius 1 is 1.06 bits per heavy atom. The second-order valence-corrected chi connectivity index (χ2v) is 9.58. The van der Waals surface area contributed by atoms with Gasteiger partial charge in [-0.05, 0) is 12.1 Å². The molecule has 0 bridgehead atoms. The first-order valence-corrected chi connectivity index (χ1v) is 12.1. The minimum Gasteiger partial charge on any atom is -0.485 e. The van der Waals surface area contributed by atoms with E-state index in [2.05, 4.69) is 25.6 Å². The number of hydrogen-bond acceptors (Lipinski definition) is 9. The molecule has 1 aromatic carbocycles. The number of ether oxygens (including phenoxy) is 3. The number of nitrogens with zero attached hydrogens (tertiary/aromatic N) is 3. The van der Waals surface area contributed by atoms with Gasteiger partial charge in [0, 0.05) is 26.3 Å². The average Bonchev–Trinajstić information content (AvgIpc) is 3.29. The molecule has 11 nitrogen and oxygen atoms in total. The number of H-pyrrole nitrogens is 1. The molecule has 15 heteroatoms. The first kappa shape index (κ1) is 23.4. The number of anilines is 3. The summed E-state index contributed by atoms with van der Waals surface area (Å²) in [6, 6.07) is 2.86. The third kappa shape index (κ3) is 4.19. The van der Waals surface area contributed by atoms with Crippen LogP contribution in [0.2, 0.25) is 0 Å². The Kier molecular flexibility index (Phi) is 5.85. The van der Waals surface area contributed by atoms with Gasteiger partial charge in [0.2, 0.25) is 16.0 Å². The fraction of sp³-hybridized carbons (Fsp3) is 0.400. The molecule has 188 valence electrons. The Bertz CT molecular complexity index is 1370. The van der Waals surface area contributed by atoms with Crippen molar-refractivity contribution in [2.75, 3.05) is 57.2 Å². The third-order valence-electron chi connectivity index (χ3n) is 5.56. The van der Waals surface area contributed by atoms with E-state index in [0.29, 0.717) is 18.9 Å². The highest BCUT2D eigenvalue weighted by Gasteiger charge is 2.36. The molecule has 0 radical (unpaired) electrons. The van der Waals surface area contributed by atoms with Gasteiger partial charge in [-0.2, -0.15) is 27.4 Å². The molecule has 3 aromatic rings. The van der Waals surface area contributed by atoms with Gasteiger partial charge in [0.1, 0.15) is 29.6 Å². The number of fused-ring (bicyclic) bond motifs is 2. The number of rotatable bonds is 5. The van der Waals surface area contributed by atoms with Gasteiger partial charge in [-0.3, -0.25) is 0 Å². The van der Waals surface area contributed by atoms with Crippen LogP contribution >= 0.6 is 0 Å². The van der Waals surface area contributed by atoms with Crippen LogP contribution in [0.4, 0.5) is 30.6 Å². The van der Waals surface area contributed by atoms with Gasteiger partial charge in [-0.1, -0.05) is 0 Å². The summed E-state index contributed by atoms with van der Waals surface area (Å²) in [5.41, 5.74) is -0.628. The van der Waals surface area contributed by atoms with Crippen LogP contribution in [0.15, 0.2) is 23.2 Å². The van der Waals surface area contributed by atoms with Gasteiger partial charge in [0.05, 0.1) is 29.9 Å². The van der Waals surface area contributed by atoms with E-state index in [0.717, 1.165) is 6.20 Å². The highest BCUT2D eigenvalue weighted by Crippen LogP contribution is 2.44. The van der Waals surface area contributed by atoms with E-state index >= 15 is 0 Å². The summed E-state index contributed by atoms with van der Waals surface area (Å²) < 4.78 is 84.5. The van der Waals surface area contributed by atoms with E-state index in [1.165, 1.54) is 23.5 Å². The quantitative estimate of drug-likeness (QED) is 0.470. The normalized spacial score (nSPS) is 16.9. The van der Waals surface area contributed by atoms with Crippen LogP contribution in [0.3, 0.4) is 0 Å². The number of aromatic amines is 1. The van der Waals surface area contributed by atoms with Crippen molar-refractivity contribution in [3.63, 3.8) is 0 Å². The molecule has 3 N–H and O–H groups in total. The number of nitrogens with one attached hydrogen (secondary N) is 3. The van der Waals surface area contributed by atoms with E-state index in [1.54, 1.807) is 0 Å². The van der Waals surface area contributed by atoms with Crippen LogP contribution in [0.5, 0.6) is 11.5 Å². The molecule has 1 saturated heterocycles. The maximum atomic E-state index is 13.4. The van der Waals surface area contributed by atoms with Crippen molar-refractivity contribution in [2.45, 2.75) is 11.1 Å². The maximum absolute atomic E-state index is 13.4. The molecule has 2 aromatic heterocycles. The maximum Gasteiger partial charge on any atom is 0.418 e. The van der Waals surface area contributed by atoms with Crippen molar-refractivity contribution in [1.82, 2.24) is 19.3 Å². The van der Waals surface area contributed by atoms with Crippen LogP contribution < -0.4 is 20.1 Å². The summed E-state index contributed by atoms with van der Waals surface area (Å²) in [5.74, 6) is 0.117. The molecule has 35 heavy (non-hydrogen) atoms. The third-order valence-corrected chi connectivity index (χ3v) is 7.48. The van der Waals surface area contributed by atoms with Gasteiger partial charge in [0.25, 0.3) is 0 Å². The summed E-state index contributed by atoms with van der Waals surface area (Å²) in [5, 5.41) is 5.37. The first-order valence-electron chi connectivity index (χ1n) is 10.6. The number of alkyl halides is 3. The summed E-state index contributed by atoms with van der Waals surface area (Å²) in [4.78, 5) is 10.8. The topological polar surface area (TPSA) is 131 Å². The molecule has 0 saturated carbocycles. The Morgan fingerprint density at radius 2 is 1.77 bits per heavy atom. The number of aromatic nitrogens is 3. The SMILES string of the molecule is CNc1nc(Nc2ccc(S(=O)(=O)N3CCOCC3)c3c2OCCO3)nc2[nH]cc(C(F)(F)F)c12. The fourth-order valence-electron chi connectivity index (χ4n) is 3.95. The summed E-state index contributed by atoms with van der Waals surface area (Å²) in [6.07, 6.45) is -3.76. The molecule has 5 rings (SSSR count). The molecule has 0 aliphatic carbocycles. The summed E-state index contributed by atoms with van der Waals surface area (Å²) in [7, 11) is -2.43. The smallest absolute Gasteiger partial charge is 0.418 e. The Labute approximate surface area is 197 Å². The lowest BCUT2D eigenvalue weighted by molar-refractivity contribution is -0.136. The monoisotopic (exact) mass is 514 g/mol. The van der Waals surface area contributed by atoms with Crippen LogP contribution in [0, 0.1) is 0 Å². The first-order chi connectivity index (χ1) is 16.7. The lowest BCUT2D eigenvalue weighted by Gasteiger charge is -2.29. The Balaban J connectivity index is 1.54. The number of halogens is 3. The zero-order valence-corrected chi connectivity index (χ0v) is 19.2. The fourth-order valence-corrected chi connectivity index (χ4v) is 5.49. The number of sulfonamides is 1. The molecule has 0 unspecified atom stereocenters. The van der Waals surface area contributed by atoms with Crippen molar-refractivity contribution >= 4 is 38.5 Å². The van der Waals surface area contributed by atoms with E-state index in [1.807, 2.05) is 0 Å². The minimum absolute atomic E-state index is 0.0300. The molecule has 0 atom stereocenters. The van der Waals surface area contributed by atoms with Gasteiger partial charge < -0.3 is 29.8 Å². The number of benzene rings is 1. The average molecular weight is 514 g/mol. The second kappa shape index (κ2) is 8.73. The van der Waals surface area contributed by atoms with Crippen molar-refractivity contribution in [2.24, 2.45) is 0 Å². The van der Waals surface area contributed by atoms with E-state index in [9.17, 15) is 21.6 Å². The predicted octanol–water partition coefficient (Wildman–Crippen LogP) is 2.55. The Morgan fingerprint density at radius 3 is 2.46 bits per heavy atom. The Hall–Kier alpha value is -3.30. The molecular weight excluding hydrogens is 493 g/mol. The molecule has 2 aliphatic rings. The summed E-state index contributed by atoms with van der Waals surface area (Å²) in [6.45, 7) is 1.35. The number of morpholine rings is 1. The predicted molar refractivity (Wildman–Crippen MR) is 119 cm³/mol. The molecule has 0 spiro atoms. The minimum atomic E-state index is -4.59. The standard InChI is InChI=1S/C20H21F3N6O5S/c1-24-17-14-11(20(21,22)23)10-25-18(14)28-19(27-17)26-12-2-3-13(16-15(12)33-8-9-34-16)35(30,31)29-4-6-32-7-5-29/h2-3,10H,4-9H2,1H3,(H3,24,25,26,27,28). The molecule has 2 aliphatic heterocycles. The zero-order valence-electron chi connectivity index (χ0n) is 18.4.